The molecule has 0 spiro atoms. The summed E-state index contributed by atoms with van der Waals surface area (Å²) < 4.78 is 67.0. The van der Waals surface area contributed by atoms with Gasteiger partial charge in [0.15, 0.2) is 0 Å². The van der Waals surface area contributed by atoms with Crippen molar-refractivity contribution in [2.24, 2.45) is 0 Å². The molecule has 25 heavy (non-hydrogen) atoms. The summed E-state index contributed by atoms with van der Waals surface area (Å²) in [6.07, 6.45) is 4.22. The van der Waals surface area contributed by atoms with Gasteiger partial charge in [-0.25, -0.2) is 8.42 Å². The highest BCUT2D eigenvalue weighted by molar-refractivity contribution is 7.90. The molecule has 3 heterocycles. The molecule has 1 atom stereocenters. The first-order valence-corrected chi connectivity index (χ1v) is 8.81. The van der Waals surface area contributed by atoms with Gasteiger partial charge in [0.1, 0.15) is 17.5 Å². The van der Waals surface area contributed by atoms with E-state index in [1.54, 1.807) is 42.9 Å². The Morgan fingerprint density at radius 3 is 2.56 bits per heavy atom. The Bertz CT molecular complexity index is 844. The van der Waals surface area contributed by atoms with Gasteiger partial charge in [-0.2, -0.15) is 17.5 Å². The number of sulfonamides is 1. The lowest BCUT2D eigenvalue weighted by Crippen LogP contribution is -2.40. The highest BCUT2D eigenvalue weighted by Gasteiger charge is 2.51. The molecule has 0 radical (unpaired) electrons. The first-order chi connectivity index (χ1) is 11.8. The van der Waals surface area contributed by atoms with Crippen LogP contribution in [0.5, 0.6) is 5.75 Å². The Hall–Kier alpha value is -2.20. The minimum Gasteiger partial charge on any atom is -0.487 e. The lowest BCUT2D eigenvalue weighted by Gasteiger charge is -2.19. The second kappa shape index (κ2) is 6.60. The second-order valence-corrected chi connectivity index (χ2v) is 7.35. The van der Waals surface area contributed by atoms with E-state index < -0.39 is 21.6 Å². The van der Waals surface area contributed by atoms with Crippen LogP contribution < -0.4 is 4.74 Å². The summed E-state index contributed by atoms with van der Waals surface area (Å²) >= 11 is 0. The first-order valence-electron chi connectivity index (χ1n) is 7.37. The van der Waals surface area contributed by atoms with Crippen LogP contribution in [0.3, 0.4) is 0 Å². The maximum absolute atomic E-state index is 12.6. The van der Waals surface area contributed by atoms with Crippen molar-refractivity contribution in [3.63, 3.8) is 0 Å². The van der Waals surface area contributed by atoms with Gasteiger partial charge in [-0.15, -0.1) is 0 Å². The van der Waals surface area contributed by atoms with Crippen LogP contribution in [0, 0.1) is 0 Å². The minimum atomic E-state index is -5.33. The number of hydrogen-bond acceptors (Lipinski definition) is 5. The molecule has 134 valence electrons. The lowest BCUT2D eigenvalue weighted by atomic mass is 10.1. The van der Waals surface area contributed by atoms with Crippen molar-refractivity contribution < 1.29 is 26.3 Å². The average molecular weight is 373 g/mol. The van der Waals surface area contributed by atoms with Crippen LogP contribution in [0.4, 0.5) is 13.2 Å². The van der Waals surface area contributed by atoms with Crippen LogP contribution in [0.2, 0.25) is 0 Å². The largest absolute Gasteiger partial charge is 0.511 e. The standard InChI is InChI=1S/C15H14F3N3O3S/c16-15(17,18)25(22,23)21-9-5-12(10-21)24-13-2-1-6-20-14(13)11-3-7-19-8-4-11/h1-4,6-8,12H,5,9-10H2. The van der Waals surface area contributed by atoms with Gasteiger partial charge in [0, 0.05) is 30.7 Å². The molecule has 6 nitrogen and oxygen atoms in total. The molecular weight excluding hydrogens is 359 g/mol. The molecule has 0 aromatic carbocycles. The van der Waals surface area contributed by atoms with E-state index in [0.29, 0.717) is 15.7 Å². The number of aromatic nitrogens is 2. The summed E-state index contributed by atoms with van der Waals surface area (Å²) in [5, 5.41) is 0. The highest BCUT2D eigenvalue weighted by Crippen LogP contribution is 2.32. The van der Waals surface area contributed by atoms with Gasteiger partial charge >= 0.3 is 15.5 Å². The molecule has 1 saturated heterocycles. The zero-order chi connectivity index (χ0) is 18.1. The fourth-order valence-corrected chi connectivity index (χ4v) is 3.55. The molecule has 0 N–H and O–H groups in total. The molecule has 10 heteroatoms. The van der Waals surface area contributed by atoms with Crippen molar-refractivity contribution in [3.8, 4) is 17.0 Å². The van der Waals surface area contributed by atoms with E-state index in [2.05, 4.69) is 9.97 Å². The molecule has 1 unspecified atom stereocenters. The lowest BCUT2D eigenvalue weighted by molar-refractivity contribution is -0.0484. The van der Waals surface area contributed by atoms with Gasteiger partial charge in [0.05, 0.1) is 6.54 Å². The minimum absolute atomic E-state index is 0.167. The Kier molecular flexibility index (Phi) is 4.65. The predicted molar refractivity (Wildman–Crippen MR) is 83.0 cm³/mol. The van der Waals surface area contributed by atoms with Crippen molar-refractivity contribution in [2.75, 3.05) is 13.1 Å². The third-order valence-corrected chi connectivity index (χ3v) is 5.35. The molecule has 0 saturated carbocycles. The second-order valence-electron chi connectivity index (χ2n) is 5.42. The van der Waals surface area contributed by atoms with E-state index in [1.807, 2.05) is 0 Å². The van der Waals surface area contributed by atoms with E-state index in [-0.39, 0.29) is 19.5 Å². The van der Waals surface area contributed by atoms with Gasteiger partial charge in [-0.3, -0.25) is 9.97 Å². The topological polar surface area (TPSA) is 72.4 Å². The molecule has 2 aromatic rings. The molecular formula is C15H14F3N3O3S. The molecule has 1 aliphatic rings. The van der Waals surface area contributed by atoms with Crippen molar-refractivity contribution >= 4 is 10.0 Å². The summed E-state index contributed by atoms with van der Waals surface area (Å²) in [5.74, 6) is 0.380. The van der Waals surface area contributed by atoms with Crippen molar-refractivity contribution in [1.82, 2.24) is 14.3 Å². The molecule has 1 aliphatic heterocycles. The number of rotatable bonds is 4. The summed E-state index contributed by atoms with van der Waals surface area (Å²) in [7, 11) is -5.33. The van der Waals surface area contributed by atoms with Crippen LogP contribution in [-0.4, -0.2) is 47.4 Å². The van der Waals surface area contributed by atoms with E-state index in [4.69, 9.17) is 4.74 Å². The van der Waals surface area contributed by atoms with Crippen LogP contribution in [0.15, 0.2) is 42.9 Å². The van der Waals surface area contributed by atoms with E-state index in [0.717, 1.165) is 5.56 Å². The van der Waals surface area contributed by atoms with Crippen LogP contribution in [0.1, 0.15) is 6.42 Å². The maximum Gasteiger partial charge on any atom is 0.511 e. The normalized spacial score (nSPS) is 19.1. The summed E-state index contributed by atoms with van der Waals surface area (Å²) in [6, 6.07) is 6.73. The van der Waals surface area contributed by atoms with Crippen LogP contribution in [0.25, 0.3) is 11.3 Å². The number of pyridine rings is 2. The van der Waals surface area contributed by atoms with Crippen LogP contribution in [-0.2, 0) is 10.0 Å². The highest BCUT2D eigenvalue weighted by atomic mass is 32.2. The third kappa shape index (κ3) is 3.59. The van der Waals surface area contributed by atoms with Crippen molar-refractivity contribution in [1.29, 1.82) is 0 Å². The number of nitrogens with zero attached hydrogens (tertiary/aromatic N) is 3. The SMILES string of the molecule is O=S(=O)(N1CCC(Oc2cccnc2-c2ccncc2)C1)C(F)(F)F. The van der Waals surface area contributed by atoms with Gasteiger partial charge in [-0.05, 0) is 30.7 Å². The Balaban J connectivity index is 1.77. The first kappa shape index (κ1) is 17.6. The zero-order valence-electron chi connectivity index (χ0n) is 12.8. The fraction of sp³-hybridized carbons (Fsp3) is 0.333. The molecule has 0 amide bonds. The monoisotopic (exact) mass is 373 g/mol. The maximum atomic E-state index is 12.6. The van der Waals surface area contributed by atoms with E-state index in [9.17, 15) is 21.6 Å². The Morgan fingerprint density at radius 2 is 1.88 bits per heavy atom. The predicted octanol–water partition coefficient (Wildman–Crippen LogP) is 2.45. The van der Waals surface area contributed by atoms with E-state index in [1.165, 1.54) is 0 Å². The van der Waals surface area contributed by atoms with Gasteiger partial charge in [0.2, 0.25) is 0 Å². The Labute approximate surface area is 142 Å². The molecule has 0 aliphatic carbocycles. The zero-order valence-corrected chi connectivity index (χ0v) is 13.7. The molecule has 3 rings (SSSR count). The number of ether oxygens (including phenoxy) is 1. The fourth-order valence-electron chi connectivity index (χ4n) is 2.55. The number of hydrogen-bond donors (Lipinski definition) is 0. The smallest absolute Gasteiger partial charge is 0.487 e. The Morgan fingerprint density at radius 1 is 1.16 bits per heavy atom. The van der Waals surface area contributed by atoms with Gasteiger partial charge in [-0.1, -0.05) is 0 Å². The number of halogens is 3. The van der Waals surface area contributed by atoms with Crippen LogP contribution >= 0.6 is 0 Å². The molecule has 1 fully saturated rings. The van der Waals surface area contributed by atoms with Gasteiger partial charge < -0.3 is 4.74 Å². The van der Waals surface area contributed by atoms with Crippen molar-refractivity contribution in [2.45, 2.75) is 18.0 Å². The van der Waals surface area contributed by atoms with Crippen molar-refractivity contribution in [3.05, 3.63) is 42.9 Å². The summed E-state index contributed by atoms with van der Waals surface area (Å²) in [4.78, 5) is 8.15. The van der Waals surface area contributed by atoms with E-state index >= 15 is 0 Å². The quantitative estimate of drug-likeness (QED) is 0.823. The molecule has 0 bridgehead atoms. The third-order valence-electron chi connectivity index (χ3n) is 3.76. The average Bonchev–Trinajstić information content (AvgIpc) is 3.04. The number of alkyl halides is 3. The summed E-state index contributed by atoms with van der Waals surface area (Å²) in [5.41, 5.74) is -4.05. The summed E-state index contributed by atoms with van der Waals surface area (Å²) in [6.45, 7) is -0.593. The molecule has 2 aromatic heterocycles. The van der Waals surface area contributed by atoms with Gasteiger partial charge in [0.25, 0.3) is 0 Å².